The van der Waals surface area contributed by atoms with Gasteiger partial charge in [-0.15, -0.1) is 0 Å². The minimum atomic E-state index is -0.451. The first-order valence-electron chi connectivity index (χ1n) is 8.62. The van der Waals surface area contributed by atoms with E-state index in [2.05, 4.69) is 20.0 Å². The summed E-state index contributed by atoms with van der Waals surface area (Å²) in [6.45, 7) is 1.29. The average Bonchev–Trinajstić information content (AvgIpc) is 3.18. The zero-order valence-corrected chi connectivity index (χ0v) is 18.4. The third kappa shape index (κ3) is 9.63. The van der Waals surface area contributed by atoms with Crippen LogP contribution in [-0.4, -0.2) is 38.9 Å². The number of nitrogens with zero attached hydrogens (tertiary/aromatic N) is 3. The van der Waals surface area contributed by atoms with Crippen LogP contribution in [0.15, 0.2) is 41.8 Å². The van der Waals surface area contributed by atoms with Gasteiger partial charge in [-0.1, -0.05) is 11.6 Å². The fourth-order valence-electron chi connectivity index (χ4n) is 2.10. The van der Waals surface area contributed by atoms with Crippen LogP contribution in [-0.2, 0) is 11.5 Å². The summed E-state index contributed by atoms with van der Waals surface area (Å²) >= 11 is 11.0. The number of nitrogens with one attached hydrogen (secondary N) is 2. The van der Waals surface area contributed by atoms with Gasteiger partial charge in [-0.25, -0.2) is 0 Å². The molecule has 152 valence electrons. The second-order valence-corrected chi connectivity index (χ2v) is 8.85. The van der Waals surface area contributed by atoms with E-state index in [1.165, 1.54) is 11.5 Å². The first-order chi connectivity index (χ1) is 13.6. The Morgan fingerprint density at radius 1 is 1.25 bits per heavy atom. The molecule has 2 heterocycles. The maximum absolute atomic E-state index is 10.8. The SMILES string of the molecule is O=[N+]([O-])/C=C(\NCCCSCc1ccsn1)NCCSCc1ncccc1Cl. The average molecular weight is 460 g/mol. The number of aromatic nitrogens is 2. The van der Waals surface area contributed by atoms with Crippen LogP contribution >= 0.6 is 46.7 Å². The van der Waals surface area contributed by atoms with Gasteiger partial charge < -0.3 is 10.6 Å². The molecule has 0 amide bonds. The lowest BCUT2D eigenvalue weighted by molar-refractivity contribution is -0.404. The number of hydrogen-bond acceptors (Lipinski definition) is 9. The smallest absolute Gasteiger partial charge is 0.274 e. The number of halogens is 1. The van der Waals surface area contributed by atoms with Gasteiger partial charge in [0.15, 0.2) is 5.82 Å². The van der Waals surface area contributed by atoms with E-state index in [4.69, 9.17) is 11.6 Å². The van der Waals surface area contributed by atoms with E-state index >= 15 is 0 Å². The Bertz CT molecular complexity index is 746. The van der Waals surface area contributed by atoms with Crippen LogP contribution in [0, 0.1) is 10.1 Å². The molecule has 0 aliphatic heterocycles. The van der Waals surface area contributed by atoms with E-state index in [9.17, 15) is 10.1 Å². The summed E-state index contributed by atoms with van der Waals surface area (Å²) in [5.74, 6) is 3.80. The lowest BCUT2D eigenvalue weighted by atomic mass is 10.4. The van der Waals surface area contributed by atoms with Gasteiger partial charge in [0.25, 0.3) is 6.20 Å². The molecule has 2 rings (SSSR count). The molecule has 0 radical (unpaired) electrons. The molecule has 0 aliphatic carbocycles. The first-order valence-corrected chi connectivity index (χ1v) is 12.1. The Morgan fingerprint density at radius 3 is 2.82 bits per heavy atom. The quantitative estimate of drug-likeness (QED) is 0.249. The predicted molar refractivity (Wildman–Crippen MR) is 119 cm³/mol. The van der Waals surface area contributed by atoms with Crippen molar-refractivity contribution in [3.8, 4) is 0 Å². The van der Waals surface area contributed by atoms with Crippen LogP contribution in [0.25, 0.3) is 0 Å². The molecule has 2 aromatic rings. The van der Waals surface area contributed by atoms with Gasteiger partial charge in [-0.3, -0.25) is 15.1 Å². The van der Waals surface area contributed by atoms with Crippen molar-refractivity contribution in [2.45, 2.75) is 17.9 Å². The number of rotatable bonds is 14. The molecule has 0 spiro atoms. The van der Waals surface area contributed by atoms with Gasteiger partial charge in [0.2, 0.25) is 0 Å². The summed E-state index contributed by atoms with van der Waals surface area (Å²) in [7, 11) is 0. The highest BCUT2D eigenvalue weighted by molar-refractivity contribution is 7.98. The molecule has 2 N–H and O–H groups in total. The second kappa shape index (κ2) is 13.6. The van der Waals surface area contributed by atoms with Gasteiger partial charge in [0.1, 0.15) is 0 Å². The fourth-order valence-corrected chi connectivity index (χ4v) is 4.66. The molecule has 28 heavy (non-hydrogen) atoms. The molecule has 0 unspecified atom stereocenters. The first kappa shape index (κ1) is 22.8. The second-order valence-electron chi connectivity index (χ2n) is 5.56. The number of pyridine rings is 1. The number of thioether (sulfide) groups is 2. The van der Waals surface area contributed by atoms with Gasteiger partial charge in [0.05, 0.1) is 21.3 Å². The molecule has 0 atom stereocenters. The Balaban J connectivity index is 1.59. The van der Waals surface area contributed by atoms with Gasteiger partial charge in [-0.2, -0.15) is 27.9 Å². The van der Waals surface area contributed by atoms with Crippen molar-refractivity contribution < 1.29 is 4.92 Å². The van der Waals surface area contributed by atoms with Crippen molar-refractivity contribution >= 4 is 46.7 Å². The number of nitro groups is 1. The van der Waals surface area contributed by atoms with E-state index < -0.39 is 4.92 Å². The standard InChI is InChI=1S/C17H22ClN5O2S3/c18-15-3-1-5-19-16(15)13-27-10-7-21-17(11-23(24)25)20-6-2-8-26-12-14-4-9-28-22-14/h1,3-5,9,11,20-21H,2,6-8,10,12-13H2/b17-11+. The molecule has 0 fully saturated rings. The van der Waals surface area contributed by atoms with Crippen LogP contribution in [0.2, 0.25) is 5.02 Å². The summed E-state index contributed by atoms with van der Waals surface area (Å²) in [6, 6.07) is 5.65. The largest absolute Gasteiger partial charge is 0.367 e. The van der Waals surface area contributed by atoms with E-state index in [-0.39, 0.29) is 0 Å². The third-order valence-corrected chi connectivity index (χ3v) is 6.38. The highest BCUT2D eigenvalue weighted by Gasteiger charge is 2.04. The minimum Gasteiger partial charge on any atom is -0.367 e. The van der Waals surface area contributed by atoms with Gasteiger partial charge >= 0.3 is 0 Å². The zero-order valence-electron chi connectivity index (χ0n) is 15.2. The highest BCUT2D eigenvalue weighted by Crippen LogP contribution is 2.18. The summed E-state index contributed by atoms with van der Waals surface area (Å²) in [4.78, 5) is 14.6. The van der Waals surface area contributed by atoms with E-state index in [1.54, 1.807) is 24.0 Å². The monoisotopic (exact) mass is 459 g/mol. The predicted octanol–water partition coefficient (Wildman–Crippen LogP) is 4.00. The van der Waals surface area contributed by atoms with Crippen molar-refractivity contribution in [3.05, 3.63) is 68.3 Å². The number of hydrogen-bond donors (Lipinski definition) is 2. The summed E-state index contributed by atoms with van der Waals surface area (Å²) in [6.07, 6.45) is 3.61. The lowest BCUT2D eigenvalue weighted by Crippen LogP contribution is -2.29. The molecule has 0 saturated carbocycles. The molecular formula is C17H22ClN5O2S3. The molecule has 11 heteroatoms. The maximum atomic E-state index is 10.8. The van der Waals surface area contributed by atoms with Crippen LogP contribution in [0.4, 0.5) is 0 Å². The Labute approximate surface area is 182 Å². The fraction of sp³-hybridized carbons (Fsp3) is 0.412. The van der Waals surface area contributed by atoms with Gasteiger partial charge in [-0.05, 0) is 41.9 Å². The Morgan fingerprint density at radius 2 is 2.07 bits per heavy atom. The minimum absolute atomic E-state index is 0.436. The third-order valence-electron chi connectivity index (χ3n) is 3.39. The Hall–Kier alpha value is -1.49. The van der Waals surface area contributed by atoms with Crippen molar-refractivity contribution in [1.29, 1.82) is 0 Å². The maximum Gasteiger partial charge on any atom is 0.274 e. The van der Waals surface area contributed by atoms with Crippen LogP contribution < -0.4 is 10.6 Å². The Kier molecular flexibility index (Phi) is 11.1. The molecule has 0 bridgehead atoms. The lowest BCUT2D eigenvalue weighted by Gasteiger charge is -2.11. The van der Waals surface area contributed by atoms with Crippen LogP contribution in [0.1, 0.15) is 17.8 Å². The molecule has 0 aliphatic rings. The van der Waals surface area contributed by atoms with Crippen molar-refractivity contribution in [2.75, 3.05) is 24.6 Å². The normalized spacial score (nSPS) is 11.4. The van der Waals surface area contributed by atoms with Crippen molar-refractivity contribution in [3.63, 3.8) is 0 Å². The van der Waals surface area contributed by atoms with Crippen molar-refractivity contribution in [2.24, 2.45) is 0 Å². The molecule has 0 saturated heterocycles. The molecule has 0 aromatic carbocycles. The topological polar surface area (TPSA) is 93.0 Å². The zero-order chi connectivity index (χ0) is 20.0. The van der Waals surface area contributed by atoms with Crippen molar-refractivity contribution in [1.82, 2.24) is 20.0 Å². The van der Waals surface area contributed by atoms with Gasteiger partial charge in [0, 0.05) is 41.9 Å². The summed E-state index contributed by atoms with van der Waals surface area (Å²) < 4.78 is 4.27. The molecular weight excluding hydrogens is 438 g/mol. The summed E-state index contributed by atoms with van der Waals surface area (Å²) in [5.41, 5.74) is 1.95. The summed E-state index contributed by atoms with van der Waals surface area (Å²) in [5, 5.41) is 19.6. The molecule has 2 aromatic heterocycles. The van der Waals surface area contributed by atoms with E-state index in [1.807, 2.05) is 29.3 Å². The van der Waals surface area contributed by atoms with Crippen LogP contribution in [0.5, 0.6) is 0 Å². The molecule has 7 nitrogen and oxygen atoms in total. The highest BCUT2D eigenvalue weighted by atomic mass is 35.5. The van der Waals surface area contributed by atoms with E-state index in [0.29, 0.717) is 29.7 Å². The van der Waals surface area contributed by atoms with E-state index in [0.717, 1.165) is 41.3 Å². The van der Waals surface area contributed by atoms with Crippen LogP contribution in [0.3, 0.4) is 0 Å².